The molecule has 2 rings (SSSR count). The second-order valence-electron chi connectivity index (χ2n) is 4.21. The summed E-state index contributed by atoms with van der Waals surface area (Å²) >= 11 is 4.89. The number of nitrogens with zero attached hydrogens (tertiary/aromatic N) is 1. The van der Waals surface area contributed by atoms with E-state index in [0.29, 0.717) is 0 Å². The molecular formula is C10H14N2O5S. The SMILES string of the molecule is Cn1cc([C@@H]2O[C@H](CO)[C@@H](O)[C@H]2O)c(=O)[nH]c1=S. The van der Waals surface area contributed by atoms with Gasteiger partial charge in [-0.3, -0.25) is 9.78 Å². The summed E-state index contributed by atoms with van der Waals surface area (Å²) in [6.45, 7) is -0.433. The quantitative estimate of drug-likeness (QED) is 0.494. The summed E-state index contributed by atoms with van der Waals surface area (Å²) < 4.78 is 7.03. The zero-order valence-electron chi connectivity index (χ0n) is 9.61. The highest BCUT2D eigenvalue weighted by molar-refractivity contribution is 7.71. The summed E-state index contributed by atoms with van der Waals surface area (Å²) in [6.07, 6.45) is -2.94. The van der Waals surface area contributed by atoms with Crippen molar-refractivity contribution in [2.24, 2.45) is 7.05 Å². The predicted octanol–water partition coefficient (Wildman–Crippen LogP) is -1.40. The molecule has 1 aromatic rings. The van der Waals surface area contributed by atoms with Gasteiger partial charge in [-0.25, -0.2) is 0 Å². The summed E-state index contributed by atoms with van der Waals surface area (Å²) in [6, 6.07) is 0. The number of H-pyrrole nitrogens is 1. The first kappa shape index (κ1) is 13.4. The Kier molecular flexibility index (Phi) is 3.64. The Morgan fingerprint density at radius 1 is 1.50 bits per heavy atom. The minimum absolute atomic E-state index is 0.161. The number of ether oxygens (including phenoxy) is 1. The van der Waals surface area contributed by atoms with Crippen molar-refractivity contribution in [3.05, 3.63) is 26.9 Å². The molecule has 1 saturated heterocycles. The van der Waals surface area contributed by atoms with Crippen LogP contribution in [0.5, 0.6) is 0 Å². The minimum Gasteiger partial charge on any atom is -0.394 e. The van der Waals surface area contributed by atoms with Crippen LogP contribution in [0, 0.1) is 4.77 Å². The van der Waals surface area contributed by atoms with Crippen LogP contribution in [0.25, 0.3) is 0 Å². The van der Waals surface area contributed by atoms with E-state index in [1.54, 1.807) is 7.05 Å². The number of rotatable bonds is 2. The third-order valence-electron chi connectivity index (χ3n) is 2.98. The minimum atomic E-state index is -1.26. The summed E-state index contributed by atoms with van der Waals surface area (Å²) in [4.78, 5) is 14.2. The average molecular weight is 274 g/mol. The molecule has 0 radical (unpaired) electrons. The lowest BCUT2D eigenvalue weighted by Crippen LogP contribution is -2.33. The van der Waals surface area contributed by atoms with E-state index in [1.165, 1.54) is 10.8 Å². The predicted molar refractivity (Wildman–Crippen MR) is 63.6 cm³/mol. The highest BCUT2D eigenvalue weighted by Crippen LogP contribution is 2.31. The molecule has 0 bridgehead atoms. The van der Waals surface area contributed by atoms with E-state index in [2.05, 4.69) is 4.98 Å². The average Bonchev–Trinajstić information content (AvgIpc) is 2.61. The first-order valence-electron chi connectivity index (χ1n) is 5.38. The number of hydrogen-bond donors (Lipinski definition) is 4. The standard InChI is InChI=1S/C10H14N2O5S/c1-12-2-4(9(16)11-10(12)18)8-7(15)6(14)5(3-13)17-8/h2,5-8,13-15H,3H2,1H3,(H,11,16,18)/t5-,6-,7-,8+/m1/s1. The van der Waals surface area contributed by atoms with Crippen LogP contribution < -0.4 is 5.56 Å². The lowest BCUT2D eigenvalue weighted by molar-refractivity contribution is -0.0233. The Balaban J connectivity index is 2.42. The topological polar surface area (TPSA) is 108 Å². The summed E-state index contributed by atoms with van der Waals surface area (Å²) in [5.41, 5.74) is -0.318. The van der Waals surface area contributed by atoms with Gasteiger partial charge in [-0.1, -0.05) is 0 Å². The van der Waals surface area contributed by atoms with Gasteiger partial charge < -0.3 is 24.6 Å². The third kappa shape index (κ3) is 2.13. The molecule has 4 N–H and O–H groups in total. The van der Waals surface area contributed by atoms with Gasteiger partial charge in [0.2, 0.25) is 0 Å². The Morgan fingerprint density at radius 2 is 2.17 bits per heavy atom. The van der Waals surface area contributed by atoms with Crippen molar-refractivity contribution in [1.82, 2.24) is 9.55 Å². The molecule has 1 aromatic heterocycles. The van der Waals surface area contributed by atoms with Crippen molar-refractivity contribution in [2.45, 2.75) is 24.4 Å². The van der Waals surface area contributed by atoms with Crippen molar-refractivity contribution in [3.63, 3.8) is 0 Å². The van der Waals surface area contributed by atoms with Crippen LogP contribution >= 0.6 is 12.2 Å². The van der Waals surface area contributed by atoms with Crippen LogP contribution in [-0.4, -0.2) is 49.8 Å². The maximum Gasteiger partial charge on any atom is 0.257 e. The van der Waals surface area contributed by atoms with E-state index in [4.69, 9.17) is 22.1 Å². The van der Waals surface area contributed by atoms with E-state index in [1.807, 2.05) is 0 Å². The van der Waals surface area contributed by atoms with Crippen LogP contribution in [0.15, 0.2) is 11.0 Å². The van der Waals surface area contributed by atoms with Crippen molar-refractivity contribution >= 4 is 12.2 Å². The highest BCUT2D eigenvalue weighted by Gasteiger charge is 2.44. The van der Waals surface area contributed by atoms with Gasteiger partial charge in [0.25, 0.3) is 5.56 Å². The first-order valence-corrected chi connectivity index (χ1v) is 5.79. The molecule has 0 unspecified atom stereocenters. The fraction of sp³-hybridized carbons (Fsp3) is 0.600. The van der Waals surface area contributed by atoms with Crippen LogP contribution in [0.3, 0.4) is 0 Å². The first-order chi connectivity index (χ1) is 8.45. The Morgan fingerprint density at radius 3 is 2.72 bits per heavy atom. The molecule has 0 saturated carbocycles. The summed E-state index contributed by atoms with van der Waals surface area (Å²) in [5, 5.41) is 28.4. The van der Waals surface area contributed by atoms with Crippen molar-refractivity contribution in [1.29, 1.82) is 0 Å². The molecule has 4 atom stereocenters. The van der Waals surface area contributed by atoms with Gasteiger partial charge in [0, 0.05) is 13.2 Å². The molecule has 8 heteroatoms. The molecule has 0 spiro atoms. The molecule has 7 nitrogen and oxygen atoms in total. The van der Waals surface area contributed by atoms with E-state index in [9.17, 15) is 15.0 Å². The van der Waals surface area contributed by atoms with Crippen LogP contribution in [0.2, 0.25) is 0 Å². The van der Waals surface area contributed by atoms with E-state index in [-0.39, 0.29) is 10.3 Å². The maximum absolute atomic E-state index is 11.8. The molecule has 1 aliphatic rings. The Bertz CT molecular complexity index is 554. The second kappa shape index (κ2) is 4.90. The number of nitrogens with one attached hydrogen (secondary N) is 1. The van der Waals surface area contributed by atoms with Crippen molar-refractivity contribution in [2.75, 3.05) is 6.61 Å². The van der Waals surface area contributed by atoms with Gasteiger partial charge in [0.1, 0.15) is 24.4 Å². The third-order valence-corrected chi connectivity index (χ3v) is 3.37. The fourth-order valence-corrected chi connectivity index (χ4v) is 2.09. The smallest absolute Gasteiger partial charge is 0.257 e. The van der Waals surface area contributed by atoms with Crippen molar-refractivity contribution < 1.29 is 20.1 Å². The number of hydrogen-bond acceptors (Lipinski definition) is 6. The molecule has 18 heavy (non-hydrogen) atoms. The van der Waals surface area contributed by atoms with Gasteiger partial charge in [-0.2, -0.15) is 0 Å². The maximum atomic E-state index is 11.8. The van der Waals surface area contributed by atoms with Gasteiger partial charge in [0.15, 0.2) is 4.77 Å². The molecule has 0 aromatic carbocycles. The highest BCUT2D eigenvalue weighted by atomic mass is 32.1. The fourth-order valence-electron chi connectivity index (χ4n) is 1.94. The van der Waals surface area contributed by atoms with E-state index < -0.39 is 36.6 Å². The second-order valence-corrected chi connectivity index (χ2v) is 4.60. The lowest BCUT2D eigenvalue weighted by Gasteiger charge is -2.14. The lowest BCUT2D eigenvalue weighted by atomic mass is 10.0. The molecule has 2 heterocycles. The monoisotopic (exact) mass is 274 g/mol. The van der Waals surface area contributed by atoms with Crippen LogP contribution in [0.4, 0.5) is 0 Å². The van der Waals surface area contributed by atoms with E-state index >= 15 is 0 Å². The number of aromatic amines is 1. The molecule has 0 aliphatic carbocycles. The normalized spacial score (nSPS) is 31.8. The molecule has 100 valence electrons. The molecule has 1 aliphatic heterocycles. The van der Waals surface area contributed by atoms with E-state index in [0.717, 1.165) is 0 Å². The number of aliphatic hydroxyl groups is 3. The number of aryl methyl sites for hydroxylation is 1. The molecule has 0 amide bonds. The van der Waals surface area contributed by atoms with Gasteiger partial charge >= 0.3 is 0 Å². The molecule has 1 fully saturated rings. The summed E-state index contributed by atoms with van der Waals surface area (Å²) in [5.74, 6) is 0. The van der Waals surface area contributed by atoms with Crippen molar-refractivity contribution in [3.8, 4) is 0 Å². The largest absolute Gasteiger partial charge is 0.394 e. The van der Waals surface area contributed by atoms with Gasteiger partial charge in [0.05, 0.1) is 12.2 Å². The molecular weight excluding hydrogens is 260 g/mol. The zero-order valence-corrected chi connectivity index (χ0v) is 10.4. The van der Waals surface area contributed by atoms with Crippen LogP contribution in [0.1, 0.15) is 11.7 Å². The van der Waals surface area contributed by atoms with Crippen LogP contribution in [-0.2, 0) is 11.8 Å². The Labute approximate surface area is 107 Å². The van der Waals surface area contributed by atoms with Gasteiger partial charge in [-0.05, 0) is 12.2 Å². The summed E-state index contributed by atoms with van der Waals surface area (Å²) in [7, 11) is 1.64. The number of aliphatic hydroxyl groups excluding tert-OH is 3. The number of aromatic nitrogens is 2. The van der Waals surface area contributed by atoms with Gasteiger partial charge in [-0.15, -0.1) is 0 Å². The zero-order chi connectivity index (χ0) is 13.4. The Hall–Kier alpha value is -1.06.